The van der Waals surface area contributed by atoms with Gasteiger partial charge in [-0.1, -0.05) is 5.16 Å². The average molecular weight is 142 g/mol. The Labute approximate surface area is 56.6 Å². The molecule has 6 heteroatoms. The average Bonchev–Trinajstić information content (AvgIpc) is 1.99. The maximum absolute atomic E-state index is 10.3. The van der Waals surface area contributed by atoms with Gasteiger partial charge in [0.05, 0.1) is 12.4 Å². The third-order valence-electron chi connectivity index (χ3n) is 0.627. The molecule has 1 amide bonds. The summed E-state index contributed by atoms with van der Waals surface area (Å²) < 4.78 is 0. The van der Waals surface area contributed by atoms with Crippen molar-refractivity contribution in [2.45, 2.75) is 0 Å². The van der Waals surface area contributed by atoms with Crippen LogP contribution in [-0.4, -0.2) is 29.4 Å². The number of amidine groups is 1. The predicted molar refractivity (Wildman–Crippen MR) is 34.9 cm³/mol. The standard InChI is InChI=1S/C4H6N4O2/c5-1-3(8-10)7-4(9)2-6/h1-2,5-6,10H,(H,7,8,9). The Hall–Kier alpha value is -1.72. The lowest BCUT2D eigenvalue weighted by atomic mass is 10.6. The zero-order valence-electron chi connectivity index (χ0n) is 4.96. The van der Waals surface area contributed by atoms with Crippen LogP contribution >= 0.6 is 0 Å². The van der Waals surface area contributed by atoms with Gasteiger partial charge in [-0.15, -0.1) is 0 Å². The van der Waals surface area contributed by atoms with Crippen molar-refractivity contribution in [2.75, 3.05) is 0 Å². The van der Waals surface area contributed by atoms with E-state index in [4.69, 9.17) is 16.0 Å². The van der Waals surface area contributed by atoms with Crippen LogP contribution in [0.1, 0.15) is 0 Å². The summed E-state index contributed by atoms with van der Waals surface area (Å²) in [4.78, 5) is 10.3. The highest BCUT2D eigenvalue weighted by atomic mass is 16.4. The maximum atomic E-state index is 10.3. The van der Waals surface area contributed by atoms with Crippen LogP contribution in [0.15, 0.2) is 5.16 Å². The van der Waals surface area contributed by atoms with E-state index in [1.165, 1.54) is 0 Å². The molecule has 54 valence electrons. The molecule has 0 saturated heterocycles. The number of nitrogens with one attached hydrogen (secondary N) is 3. The number of carbonyl (C=O) groups is 1. The lowest BCUT2D eigenvalue weighted by molar-refractivity contribution is -0.113. The number of oxime groups is 1. The van der Waals surface area contributed by atoms with Gasteiger partial charge in [0.2, 0.25) is 0 Å². The Balaban J connectivity index is 3.99. The normalized spacial score (nSPS) is 10.2. The number of nitrogens with zero attached hydrogens (tertiary/aromatic N) is 1. The molecule has 6 nitrogen and oxygen atoms in total. The summed E-state index contributed by atoms with van der Waals surface area (Å²) >= 11 is 0. The van der Waals surface area contributed by atoms with Crippen molar-refractivity contribution in [2.24, 2.45) is 5.16 Å². The molecule has 0 aromatic heterocycles. The molecule has 0 saturated carbocycles. The van der Waals surface area contributed by atoms with Crippen molar-refractivity contribution in [3.8, 4) is 0 Å². The van der Waals surface area contributed by atoms with E-state index in [1.54, 1.807) is 0 Å². The summed E-state index contributed by atoms with van der Waals surface area (Å²) in [6.45, 7) is 0. The van der Waals surface area contributed by atoms with Crippen LogP contribution < -0.4 is 5.32 Å². The minimum absolute atomic E-state index is 0.298. The number of hydrogen-bond donors (Lipinski definition) is 4. The third-order valence-corrected chi connectivity index (χ3v) is 0.627. The molecule has 0 aromatic rings. The van der Waals surface area contributed by atoms with Crippen LogP contribution in [0, 0.1) is 10.8 Å². The Kier molecular flexibility index (Phi) is 3.47. The highest BCUT2D eigenvalue weighted by molar-refractivity contribution is 6.38. The fourth-order valence-corrected chi connectivity index (χ4v) is 0.252. The first-order valence-corrected chi connectivity index (χ1v) is 2.28. The van der Waals surface area contributed by atoms with Gasteiger partial charge in [-0.2, -0.15) is 0 Å². The molecule has 0 unspecified atom stereocenters. The van der Waals surface area contributed by atoms with E-state index in [9.17, 15) is 4.79 Å². The molecular formula is C4H6N4O2. The van der Waals surface area contributed by atoms with Crippen molar-refractivity contribution in [3.63, 3.8) is 0 Å². The largest absolute Gasteiger partial charge is 0.409 e. The first-order chi connectivity index (χ1) is 4.74. The van der Waals surface area contributed by atoms with Crippen molar-refractivity contribution < 1.29 is 10.0 Å². The van der Waals surface area contributed by atoms with E-state index in [2.05, 4.69) is 5.16 Å². The van der Waals surface area contributed by atoms with Gasteiger partial charge in [0.1, 0.15) is 0 Å². The molecule has 0 spiro atoms. The first-order valence-electron chi connectivity index (χ1n) is 2.28. The molecule has 10 heavy (non-hydrogen) atoms. The van der Waals surface area contributed by atoms with E-state index in [0.29, 0.717) is 12.4 Å². The number of amides is 1. The van der Waals surface area contributed by atoms with Gasteiger partial charge in [-0.25, -0.2) is 0 Å². The smallest absolute Gasteiger partial charge is 0.267 e. The summed E-state index contributed by atoms with van der Waals surface area (Å²) in [5, 5.41) is 25.4. The number of carbonyl (C=O) groups excluding carboxylic acids is 1. The third kappa shape index (κ3) is 2.55. The summed E-state index contributed by atoms with van der Waals surface area (Å²) in [6.07, 6.45) is 1.16. The van der Waals surface area contributed by atoms with E-state index < -0.39 is 5.91 Å². The Morgan fingerprint density at radius 2 is 2.10 bits per heavy atom. The van der Waals surface area contributed by atoms with Crippen molar-refractivity contribution in [1.82, 2.24) is 5.32 Å². The van der Waals surface area contributed by atoms with Crippen LogP contribution in [-0.2, 0) is 4.79 Å². The quantitative estimate of drug-likeness (QED) is 0.175. The zero-order chi connectivity index (χ0) is 7.98. The summed E-state index contributed by atoms with van der Waals surface area (Å²) in [5.74, 6) is -1.04. The number of rotatable bonds is 2. The lowest BCUT2D eigenvalue weighted by Gasteiger charge is -1.94. The van der Waals surface area contributed by atoms with Crippen LogP contribution in [0.3, 0.4) is 0 Å². The van der Waals surface area contributed by atoms with Crippen LogP contribution in [0.2, 0.25) is 0 Å². The molecule has 0 rings (SSSR count). The van der Waals surface area contributed by atoms with Gasteiger partial charge in [0.25, 0.3) is 5.91 Å². The molecular weight excluding hydrogens is 136 g/mol. The molecule has 0 atom stereocenters. The minimum atomic E-state index is -0.740. The SMILES string of the molecule is N=CC(=O)NC(C=N)=NO. The second-order valence-electron chi connectivity index (χ2n) is 1.26. The molecule has 0 fully saturated rings. The monoisotopic (exact) mass is 142 g/mol. The molecule has 0 aliphatic carbocycles. The molecule has 0 aromatic carbocycles. The van der Waals surface area contributed by atoms with Crippen molar-refractivity contribution >= 4 is 24.2 Å². The molecule has 0 aliphatic heterocycles. The van der Waals surface area contributed by atoms with Crippen LogP contribution in [0.4, 0.5) is 0 Å². The lowest BCUT2D eigenvalue weighted by Crippen LogP contribution is -2.31. The predicted octanol–water partition coefficient (Wildman–Crippen LogP) is -0.811. The van der Waals surface area contributed by atoms with Gasteiger partial charge < -0.3 is 21.3 Å². The highest BCUT2D eigenvalue weighted by Crippen LogP contribution is 1.64. The van der Waals surface area contributed by atoms with Crippen LogP contribution in [0.25, 0.3) is 0 Å². The second kappa shape index (κ2) is 4.19. The Morgan fingerprint density at radius 1 is 1.50 bits per heavy atom. The minimum Gasteiger partial charge on any atom is -0.409 e. The maximum Gasteiger partial charge on any atom is 0.267 e. The summed E-state index contributed by atoms with van der Waals surface area (Å²) in [7, 11) is 0. The Bertz CT molecular complexity index is 186. The molecule has 0 radical (unpaired) electrons. The Morgan fingerprint density at radius 3 is 2.40 bits per heavy atom. The van der Waals surface area contributed by atoms with Crippen LogP contribution in [0.5, 0.6) is 0 Å². The van der Waals surface area contributed by atoms with Crippen molar-refractivity contribution in [1.29, 1.82) is 10.8 Å². The molecule has 0 bridgehead atoms. The van der Waals surface area contributed by atoms with Gasteiger partial charge in [-0.3, -0.25) is 4.79 Å². The fraction of sp³-hybridized carbons (Fsp3) is 0. The molecule has 0 aliphatic rings. The van der Waals surface area contributed by atoms with Gasteiger partial charge in [0, 0.05) is 0 Å². The first kappa shape index (κ1) is 8.28. The summed E-state index contributed by atoms with van der Waals surface area (Å²) in [5.41, 5.74) is 0. The zero-order valence-corrected chi connectivity index (χ0v) is 4.96. The van der Waals surface area contributed by atoms with E-state index in [-0.39, 0.29) is 5.84 Å². The van der Waals surface area contributed by atoms with Gasteiger partial charge in [-0.05, 0) is 0 Å². The van der Waals surface area contributed by atoms with Crippen molar-refractivity contribution in [3.05, 3.63) is 0 Å². The van der Waals surface area contributed by atoms with E-state index >= 15 is 0 Å². The molecule has 0 heterocycles. The van der Waals surface area contributed by atoms with E-state index in [1.807, 2.05) is 5.32 Å². The fourth-order valence-electron chi connectivity index (χ4n) is 0.252. The van der Waals surface area contributed by atoms with Gasteiger partial charge >= 0.3 is 0 Å². The van der Waals surface area contributed by atoms with E-state index in [0.717, 1.165) is 0 Å². The second-order valence-corrected chi connectivity index (χ2v) is 1.26. The number of hydrogen-bond acceptors (Lipinski definition) is 5. The summed E-state index contributed by atoms with van der Waals surface area (Å²) in [6, 6.07) is 0. The molecule has 4 N–H and O–H groups in total. The highest BCUT2D eigenvalue weighted by Gasteiger charge is 1.98. The van der Waals surface area contributed by atoms with Gasteiger partial charge in [0.15, 0.2) is 5.84 Å². The topological polar surface area (TPSA) is 109 Å².